The molecule has 0 heterocycles. The number of carbonyl (C=O) groups is 8. The van der Waals surface area contributed by atoms with Crippen molar-refractivity contribution in [3.63, 3.8) is 0 Å². The molecule has 0 aromatic heterocycles. The molecule has 0 amide bonds. The van der Waals surface area contributed by atoms with E-state index in [-0.39, 0.29) is 37.6 Å². The summed E-state index contributed by atoms with van der Waals surface area (Å²) in [5.41, 5.74) is 9.45. The third-order valence-electron chi connectivity index (χ3n) is 12.4. The van der Waals surface area contributed by atoms with Crippen molar-refractivity contribution in [3.05, 3.63) is 259 Å². The van der Waals surface area contributed by atoms with E-state index in [9.17, 15) is 38.4 Å². The van der Waals surface area contributed by atoms with Crippen LogP contribution < -0.4 is 18.9 Å². The van der Waals surface area contributed by atoms with Crippen LogP contribution in [-0.2, 0) is 48.7 Å². The first-order chi connectivity index (χ1) is 38.8. The van der Waals surface area contributed by atoms with E-state index in [2.05, 4.69) is 0 Å². The molecule has 0 aliphatic carbocycles. The average Bonchev–Trinajstić information content (AvgIpc) is 3.49. The van der Waals surface area contributed by atoms with E-state index >= 15 is 0 Å². The first-order valence-corrected chi connectivity index (χ1v) is 24.6. The summed E-state index contributed by atoms with van der Waals surface area (Å²) in [6.45, 7) is 0.796. The van der Waals surface area contributed by atoms with E-state index in [0.717, 1.165) is 57.1 Å². The number of rotatable bonds is 24. The summed E-state index contributed by atoms with van der Waals surface area (Å²) in [6.07, 6.45) is 3.86. The van der Waals surface area contributed by atoms with E-state index in [1.54, 1.807) is 121 Å². The molecular formula is C64H52O16. The number of carboxylic acid groups (broad SMARTS) is 2. The molecule has 0 saturated heterocycles. The lowest BCUT2D eigenvalue weighted by molar-refractivity contribution is 0.0592. The minimum Gasteiger partial charge on any atom is -0.488 e. The minimum absolute atomic E-state index is 0.175. The Hall–Kier alpha value is -10.5. The topological polar surface area (TPSA) is 232 Å². The zero-order chi connectivity index (χ0) is 57.0. The summed E-state index contributed by atoms with van der Waals surface area (Å²) < 4.78 is 32.7. The largest absolute Gasteiger partial charge is 0.488 e. The number of aromatic carboxylic acids is 2. The Morgan fingerprint density at radius 3 is 0.738 bits per heavy atom. The number of carboxylic acids is 2. The third-order valence-corrected chi connectivity index (χ3v) is 12.4. The SMILES string of the molecule is COC(=O)c1ccc(COc2ccc(Cc3ccc(OCc4ccc(C(=O)OC)cc4)c(C=O)c3)cc2C=O)cc1.O=Cc1cc(Cc2ccc(OCc3ccc(C(=O)O)cc3)c(C=O)c2)ccc1OCc1ccc(C(=O)O)cc1. The molecule has 0 spiro atoms. The van der Waals surface area contributed by atoms with Crippen LogP contribution in [0, 0.1) is 0 Å². The lowest BCUT2D eigenvalue weighted by atomic mass is 10.0. The smallest absolute Gasteiger partial charge is 0.337 e. The fourth-order valence-electron chi connectivity index (χ4n) is 8.04. The molecule has 0 aliphatic heterocycles. The summed E-state index contributed by atoms with van der Waals surface area (Å²) in [5, 5.41) is 18.0. The first-order valence-electron chi connectivity index (χ1n) is 24.6. The van der Waals surface area contributed by atoms with Crippen LogP contribution >= 0.6 is 0 Å². The van der Waals surface area contributed by atoms with Crippen molar-refractivity contribution in [2.75, 3.05) is 14.2 Å². The van der Waals surface area contributed by atoms with Crippen LogP contribution in [0.5, 0.6) is 23.0 Å². The van der Waals surface area contributed by atoms with Gasteiger partial charge in [-0.3, -0.25) is 19.2 Å². The highest BCUT2D eigenvalue weighted by Gasteiger charge is 2.14. The fraction of sp³-hybridized carbons (Fsp3) is 0.125. The van der Waals surface area contributed by atoms with Gasteiger partial charge in [0.15, 0.2) is 25.1 Å². The molecule has 0 fully saturated rings. The van der Waals surface area contributed by atoms with Crippen LogP contribution in [0.1, 0.15) is 127 Å². The van der Waals surface area contributed by atoms with Gasteiger partial charge in [0, 0.05) is 0 Å². The van der Waals surface area contributed by atoms with Gasteiger partial charge < -0.3 is 38.6 Å². The molecule has 80 heavy (non-hydrogen) atoms. The second kappa shape index (κ2) is 28.1. The predicted octanol–water partition coefficient (Wildman–Crippen LogP) is 11.1. The Bertz CT molecular complexity index is 3280. The molecule has 0 bridgehead atoms. The third kappa shape index (κ3) is 15.8. The first kappa shape index (κ1) is 57.2. The number of benzene rings is 8. The monoisotopic (exact) mass is 1080 g/mol. The number of aldehydes is 4. The van der Waals surface area contributed by atoms with Gasteiger partial charge in [0.2, 0.25) is 0 Å². The summed E-state index contributed by atoms with van der Waals surface area (Å²) in [4.78, 5) is 92.2. The van der Waals surface area contributed by atoms with Gasteiger partial charge in [-0.1, -0.05) is 72.8 Å². The van der Waals surface area contributed by atoms with E-state index < -0.39 is 23.9 Å². The Kier molecular flexibility index (Phi) is 20.1. The number of hydrogen-bond donors (Lipinski definition) is 2. The Morgan fingerprint density at radius 2 is 0.537 bits per heavy atom. The maximum absolute atomic E-state index is 11.8. The minimum atomic E-state index is -1.01. The van der Waals surface area contributed by atoms with E-state index in [1.807, 2.05) is 24.3 Å². The molecule has 0 radical (unpaired) electrons. The van der Waals surface area contributed by atoms with Crippen molar-refractivity contribution < 1.29 is 77.0 Å². The molecule has 404 valence electrons. The Morgan fingerprint density at radius 1 is 0.325 bits per heavy atom. The van der Waals surface area contributed by atoms with Crippen molar-refractivity contribution in [2.24, 2.45) is 0 Å². The van der Waals surface area contributed by atoms with E-state index in [0.29, 0.717) is 81.8 Å². The molecule has 0 atom stereocenters. The van der Waals surface area contributed by atoms with Gasteiger partial charge in [-0.2, -0.15) is 0 Å². The molecule has 8 rings (SSSR count). The van der Waals surface area contributed by atoms with Crippen molar-refractivity contribution in [1.82, 2.24) is 0 Å². The van der Waals surface area contributed by atoms with Gasteiger partial charge in [-0.05, 0) is 154 Å². The summed E-state index contributed by atoms with van der Waals surface area (Å²) in [7, 11) is 2.65. The lowest BCUT2D eigenvalue weighted by Gasteiger charge is -2.12. The number of esters is 2. The predicted molar refractivity (Wildman–Crippen MR) is 293 cm³/mol. The second-order valence-corrected chi connectivity index (χ2v) is 17.8. The maximum Gasteiger partial charge on any atom is 0.337 e. The van der Waals surface area contributed by atoms with Crippen molar-refractivity contribution in [3.8, 4) is 23.0 Å². The Labute approximate surface area is 459 Å². The summed E-state index contributed by atoms with van der Waals surface area (Å²) >= 11 is 0. The molecule has 2 N–H and O–H groups in total. The van der Waals surface area contributed by atoms with Crippen molar-refractivity contribution in [2.45, 2.75) is 39.3 Å². The van der Waals surface area contributed by atoms with E-state index in [1.165, 1.54) is 38.5 Å². The maximum atomic E-state index is 11.8. The Balaban J connectivity index is 0.000000231. The molecule has 16 heteroatoms. The molecule has 0 saturated carbocycles. The highest BCUT2D eigenvalue weighted by atomic mass is 16.5. The average molecular weight is 1080 g/mol. The highest BCUT2D eigenvalue weighted by Crippen LogP contribution is 2.27. The number of methoxy groups -OCH3 is 2. The zero-order valence-corrected chi connectivity index (χ0v) is 43.3. The van der Waals surface area contributed by atoms with Gasteiger partial charge in [-0.25, -0.2) is 19.2 Å². The molecule has 16 nitrogen and oxygen atoms in total. The molecule has 0 aliphatic rings. The fourth-order valence-corrected chi connectivity index (χ4v) is 8.04. The van der Waals surface area contributed by atoms with Gasteiger partial charge in [0.05, 0.1) is 58.7 Å². The molecule has 0 unspecified atom stereocenters. The summed E-state index contributed by atoms with van der Waals surface area (Å²) in [6, 6.07) is 47.5. The molecule has 8 aromatic carbocycles. The second-order valence-electron chi connectivity index (χ2n) is 17.8. The van der Waals surface area contributed by atoms with Crippen LogP contribution in [0.2, 0.25) is 0 Å². The highest BCUT2D eigenvalue weighted by molar-refractivity contribution is 5.90. The van der Waals surface area contributed by atoms with E-state index in [4.69, 9.17) is 38.6 Å². The van der Waals surface area contributed by atoms with Crippen LogP contribution in [0.3, 0.4) is 0 Å². The van der Waals surface area contributed by atoms with Gasteiger partial charge in [-0.15, -0.1) is 0 Å². The quantitative estimate of drug-likeness (QED) is 0.0423. The zero-order valence-electron chi connectivity index (χ0n) is 43.3. The molecular weight excluding hydrogens is 1020 g/mol. The van der Waals surface area contributed by atoms with Crippen molar-refractivity contribution >= 4 is 49.0 Å². The van der Waals surface area contributed by atoms with Gasteiger partial charge >= 0.3 is 23.9 Å². The number of carbonyl (C=O) groups excluding carboxylic acids is 6. The van der Waals surface area contributed by atoms with Crippen molar-refractivity contribution in [1.29, 1.82) is 0 Å². The number of ether oxygens (including phenoxy) is 6. The van der Waals surface area contributed by atoms with Crippen LogP contribution in [0.4, 0.5) is 0 Å². The summed E-state index contributed by atoms with van der Waals surface area (Å²) in [5.74, 6) is -1.14. The van der Waals surface area contributed by atoms with Crippen LogP contribution in [0.15, 0.2) is 170 Å². The van der Waals surface area contributed by atoms with Crippen LogP contribution in [-0.4, -0.2) is 73.5 Å². The lowest BCUT2D eigenvalue weighted by Crippen LogP contribution is -2.03. The number of hydrogen-bond acceptors (Lipinski definition) is 14. The normalized spacial score (nSPS) is 10.4. The van der Waals surface area contributed by atoms with Gasteiger partial charge in [0.25, 0.3) is 0 Å². The van der Waals surface area contributed by atoms with Gasteiger partial charge in [0.1, 0.15) is 49.4 Å². The molecule has 8 aromatic rings. The van der Waals surface area contributed by atoms with Crippen LogP contribution in [0.25, 0.3) is 0 Å². The standard InChI is InChI=1S/C33H28O8.C31H24O8/c1-38-32(36)26-9-3-22(4-10-26)20-40-30-13-7-24(16-28(30)18-34)15-25-8-14-31(29(17-25)19-35)41-21-23-5-11-27(12-6-23)33(37)39-2;32-16-26-14-22(5-11-28(26)38-18-20-1-7-24(8-2-20)30(34)35)13-23-6-12-29(27(15-23)17-33)39-19-21-3-9-25(10-4-21)31(36)37/h3-14,16-19H,15,20-21H2,1-2H3;1-12,14-17H,13,18-19H2,(H,34,35)(H,36,37).